The summed E-state index contributed by atoms with van der Waals surface area (Å²) >= 11 is 5.93. The lowest BCUT2D eigenvalue weighted by atomic mass is 10.2. The van der Waals surface area contributed by atoms with Crippen LogP contribution in [0.25, 0.3) is 0 Å². The zero-order valence-electron chi connectivity index (χ0n) is 9.93. The van der Waals surface area contributed by atoms with Crippen molar-refractivity contribution in [2.24, 2.45) is 7.05 Å². The second-order valence-corrected chi connectivity index (χ2v) is 4.18. The third kappa shape index (κ3) is 2.87. The Bertz CT molecular complexity index is 582. The van der Waals surface area contributed by atoms with Gasteiger partial charge >= 0.3 is 0 Å². The van der Waals surface area contributed by atoms with Crippen LogP contribution < -0.4 is 10.9 Å². The predicted octanol–water partition coefficient (Wildman–Crippen LogP) is 1.48. The molecule has 0 spiro atoms. The molecule has 0 aliphatic carbocycles. The maximum atomic E-state index is 11.5. The number of pyridine rings is 1. The molecule has 2 heterocycles. The zero-order valence-corrected chi connectivity index (χ0v) is 10.7. The Kier molecular flexibility index (Phi) is 3.94. The first-order valence-corrected chi connectivity index (χ1v) is 5.92. The van der Waals surface area contributed by atoms with E-state index in [0.717, 1.165) is 12.1 Å². The zero-order chi connectivity index (χ0) is 13.0. The van der Waals surface area contributed by atoms with Crippen molar-refractivity contribution in [3.05, 3.63) is 51.7 Å². The van der Waals surface area contributed by atoms with E-state index in [4.69, 9.17) is 11.6 Å². The fourth-order valence-electron chi connectivity index (χ4n) is 1.51. The quantitative estimate of drug-likeness (QED) is 0.909. The molecule has 2 aromatic rings. The minimum absolute atomic E-state index is 0.161. The summed E-state index contributed by atoms with van der Waals surface area (Å²) in [6.45, 7) is 0.644. The number of aryl methyl sites for hydroxylation is 1. The Morgan fingerprint density at radius 3 is 3.00 bits per heavy atom. The monoisotopic (exact) mass is 264 g/mol. The summed E-state index contributed by atoms with van der Waals surface area (Å²) in [5.74, 6) is 0. The number of aromatic nitrogens is 3. The van der Waals surface area contributed by atoms with Crippen molar-refractivity contribution in [1.82, 2.24) is 14.8 Å². The van der Waals surface area contributed by atoms with Crippen LogP contribution in [-0.2, 0) is 13.5 Å². The van der Waals surface area contributed by atoms with E-state index >= 15 is 0 Å². The van der Waals surface area contributed by atoms with Crippen LogP contribution in [0.4, 0.5) is 5.69 Å². The lowest BCUT2D eigenvalue weighted by Gasteiger charge is -2.07. The Hall–Kier alpha value is -1.88. The van der Waals surface area contributed by atoms with Gasteiger partial charge in [-0.1, -0.05) is 17.7 Å². The van der Waals surface area contributed by atoms with Crippen LogP contribution >= 0.6 is 11.6 Å². The first-order chi connectivity index (χ1) is 8.68. The van der Waals surface area contributed by atoms with E-state index in [1.54, 1.807) is 19.4 Å². The maximum absolute atomic E-state index is 11.5. The molecule has 18 heavy (non-hydrogen) atoms. The Labute approximate surface area is 109 Å². The minimum atomic E-state index is -0.306. The third-order valence-electron chi connectivity index (χ3n) is 2.50. The van der Waals surface area contributed by atoms with Gasteiger partial charge in [0.2, 0.25) is 0 Å². The molecule has 2 aromatic heterocycles. The number of hydrogen-bond donors (Lipinski definition) is 1. The standard InChI is InChI=1S/C12H13ClN4O/c1-17-12(18)11(13)10(8-16-17)15-7-5-9-4-2-3-6-14-9/h2-4,6,8,15H,5,7H2,1H3. The van der Waals surface area contributed by atoms with Crippen molar-refractivity contribution in [1.29, 1.82) is 0 Å². The molecule has 0 radical (unpaired) electrons. The molecule has 0 amide bonds. The summed E-state index contributed by atoms with van der Waals surface area (Å²) in [5.41, 5.74) is 1.23. The molecule has 0 aliphatic heterocycles. The minimum Gasteiger partial charge on any atom is -0.382 e. The van der Waals surface area contributed by atoms with Crippen LogP contribution in [0.15, 0.2) is 35.4 Å². The molecule has 2 rings (SSSR count). The average Bonchev–Trinajstić information content (AvgIpc) is 2.40. The van der Waals surface area contributed by atoms with Gasteiger partial charge in [-0.25, -0.2) is 4.68 Å². The van der Waals surface area contributed by atoms with E-state index in [2.05, 4.69) is 15.4 Å². The van der Waals surface area contributed by atoms with Gasteiger partial charge in [-0.15, -0.1) is 0 Å². The highest BCUT2D eigenvalue weighted by molar-refractivity contribution is 6.32. The number of nitrogens with one attached hydrogen (secondary N) is 1. The molecule has 0 aliphatic rings. The van der Waals surface area contributed by atoms with Crippen molar-refractivity contribution < 1.29 is 0 Å². The molecule has 0 aromatic carbocycles. The lowest BCUT2D eigenvalue weighted by molar-refractivity contribution is 0.708. The number of anilines is 1. The van der Waals surface area contributed by atoms with Crippen molar-refractivity contribution in [3.8, 4) is 0 Å². The SMILES string of the molecule is Cn1ncc(NCCc2ccccn2)c(Cl)c1=O. The van der Waals surface area contributed by atoms with Crippen LogP contribution in [0.5, 0.6) is 0 Å². The van der Waals surface area contributed by atoms with Gasteiger partial charge in [0.15, 0.2) is 0 Å². The molecule has 0 unspecified atom stereocenters. The molecule has 0 bridgehead atoms. The topological polar surface area (TPSA) is 59.8 Å². The number of nitrogens with zero attached hydrogens (tertiary/aromatic N) is 3. The molecule has 6 heteroatoms. The van der Waals surface area contributed by atoms with E-state index < -0.39 is 0 Å². The van der Waals surface area contributed by atoms with Gasteiger partial charge in [-0.05, 0) is 12.1 Å². The van der Waals surface area contributed by atoms with Gasteiger partial charge in [-0.2, -0.15) is 5.10 Å². The van der Waals surface area contributed by atoms with Gasteiger partial charge in [-0.3, -0.25) is 9.78 Å². The molecule has 0 atom stereocenters. The summed E-state index contributed by atoms with van der Waals surface area (Å²) < 4.78 is 1.20. The first kappa shape index (κ1) is 12.6. The highest BCUT2D eigenvalue weighted by Gasteiger charge is 2.06. The van der Waals surface area contributed by atoms with Crippen molar-refractivity contribution in [2.45, 2.75) is 6.42 Å². The molecule has 1 N–H and O–H groups in total. The van der Waals surface area contributed by atoms with Gasteiger partial charge in [0.1, 0.15) is 5.02 Å². The molecule has 0 fully saturated rings. The number of hydrogen-bond acceptors (Lipinski definition) is 4. The van der Waals surface area contributed by atoms with Crippen molar-refractivity contribution in [3.63, 3.8) is 0 Å². The molecule has 0 saturated carbocycles. The summed E-state index contributed by atoms with van der Waals surface area (Å²) in [5, 5.41) is 7.15. The second-order valence-electron chi connectivity index (χ2n) is 3.80. The molecule has 0 saturated heterocycles. The molecular formula is C12H13ClN4O. The maximum Gasteiger partial charge on any atom is 0.287 e. The Balaban J connectivity index is 1.99. The fourth-order valence-corrected chi connectivity index (χ4v) is 1.74. The first-order valence-electron chi connectivity index (χ1n) is 5.54. The lowest BCUT2D eigenvalue weighted by Crippen LogP contribution is -2.21. The highest BCUT2D eigenvalue weighted by atomic mass is 35.5. The second kappa shape index (κ2) is 5.64. The van der Waals surface area contributed by atoms with Gasteiger partial charge in [0, 0.05) is 31.9 Å². The summed E-state index contributed by atoms with van der Waals surface area (Å²) in [7, 11) is 1.56. The van der Waals surface area contributed by atoms with Gasteiger partial charge < -0.3 is 5.32 Å². The van der Waals surface area contributed by atoms with E-state index in [9.17, 15) is 4.79 Å². The average molecular weight is 265 g/mol. The Morgan fingerprint density at radius 2 is 2.28 bits per heavy atom. The number of rotatable bonds is 4. The smallest absolute Gasteiger partial charge is 0.287 e. The van der Waals surface area contributed by atoms with Gasteiger partial charge in [0.25, 0.3) is 5.56 Å². The number of halogens is 1. The summed E-state index contributed by atoms with van der Waals surface area (Å²) in [6.07, 6.45) is 4.05. The highest BCUT2D eigenvalue weighted by Crippen LogP contribution is 2.14. The van der Waals surface area contributed by atoms with E-state index in [-0.39, 0.29) is 10.6 Å². The van der Waals surface area contributed by atoms with Crippen LogP contribution in [0.1, 0.15) is 5.69 Å². The predicted molar refractivity (Wildman–Crippen MR) is 70.9 cm³/mol. The van der Waals surface area contributed by atoms with E-state index in [0.29, 0.717) is 12.2 Å². The molecule has 5 nitrogen and oxygen atoms in total. The van der Waals surface area contributed by atoms with Crippen molar-refractivity contribution in [2.75, 3.05) is 11.9 Å². The molecular weight excluding hydrogens is 252 g/mol. The van der Waals surface area contributed by atoms with E-state index in [1.165, 1.54) is 4.68 Å². The summed E-state index contributed by atoms with van der Waals surface area (Å²) in [4.78, 5) is 15.7. The Morgan fingerprint density at radius 1 is 1.44 bits per heavy atom. The van der Waals surface area contributed by atoms with Crippen LogP contribution in [0.2, 0.25) is 5.02 Å². The molecule has 94 valence electrons. The summed E-state index contributed by atoms with van der Waals surface area (Å²) in [6, 6.07) is 5.76. The van der Waals surface area contributed by atoms with Gasteiger partial charge in [0.05, 0.1) is 11.9 Å². The van der Waals surface area contributed by atoms with Crippen molar-refractivity contribution >= 4 is 17.3 Å². The normalized spacial score (nSPS) is 10.3. The van der Waals surface area contributed by atoms with Crippen LogP contribution in [0.3, 0.4) is 0 Å². The van der Waals surface area contributed by atoms with Crippen LogP contribution in [-0.4, -0.2) is 21.3 Å². The fraction of sp³-hybridized carbons (Fsp3) is 0.250. The largest absolute Gasteiger partial charge is 0.382 e. The van der Waals surface area contributed by atoms with E-state index in [1.807, 2.05) is 18.2 Å². The third-order valence-corrected chi connectivity index (χ3v) is 2.87. The van der Waals surface area contributed by atoms with Crippen LogP contribution in [0, 0.1) is 0 Å².